The topological polar surface area (TPSA) is 40.1 Å². The normalized spacial score (nSPS) is 22.8. The molecule has 2 aromatic carbocycles. The highest BCUT2D eigenvalue weighted by Crippen LogP contribution is 2.33. The minimum Gasteiger partial charge on any atom is -0.373 e. The number of ether oxygens (including phenoxy) is 1. The molecule has 6 heteroatoms. The van der Waals surface area contributed by atoms with Crippen LogP contribution in [0.3, 0.4) is 0 Å². The molecule has 2 aliphatic heterocycles. The predicted octanol–water partition coefficient (Wildman–Crippen LogP) is 3.69. The first-order valence-corrected chi connectivity index (χ1v) is 10.9. The summed E-state index contributed by atoms with van der Waals surface area (Å²) in [6, 6.07) is 17.3. The number of hydrogen-bond acceptors (Lipinski definition) is 3. The second-order valence-electron chi connectivity index (χ2n) is 7.98. The molecule has 0 spiro atoms. The van der Waals surface area contributed by atoms with Gasteiger partial charge in [-0.15, -0.1) is 0 Å². The maximum atomic E-state index is 13.2. The van der Waals surface area contributed by atoms with Crippen LogP contribution in [0.1, 0.15) is 24.5 Å². The van der Waals surface area contributed by atoms with Crippen LogP contribution in [0.5, 0.6) is 0 Å². The number of nitrogens with one attached hydrogen (secondary N) is 1. The van der Waals surface area contributed by atoms with E-state index >= 15 is 0 Å². The van der Waals surface area contributed by atoms with E-state index in [9.17, 15) is 4.39 Å². The van der Waals surface area contributed by atoms with Gasteiger partial charge in [0.2, 0.25) is 0 Å². The van der Waals surface area contributed by atoms with Gasteiger partial charge in [-0.1, -0.05) is 30.3 Å². The van der Waals surface area contributed by atoms with Crippen LogP contribution in [0.15, 0.2) is 59.6 Å². The van der Waals surface area contributed by atoms with Crippen molar-refractivity contribution in [3.05, 3.63) is 66.0 Å². The van der Waals surface area contributed by atoms with E-state index in [-0.39, 0.29) is 11.9 Å². The summed E-state index contributed by atoms with van der Waals surface area (Å²) in [4.78, 5) is 9.13. The second-order valence-corrected chi connectivity index (χ2v) is 7.98. The molecule has 0 radical (unpaired) electrons. The fourth-order valence-corrected chi connectivity index (χ4v) is 4.45. The van der Waals surface area contributed by atoms with Crippen LogP contribution >= 0.6 is 0 Å². The van der Waals surface area contributed by atoms with Crippen molar-refractivity contribution in [3.63, 3.8) is 0 Å². The number of benzene rings is 2. The van der Waals surface area contributed by atoms with Crippen LogP contribution in [0.2, 0.25) is 0 Å². The summed E-state index contributed by atoms with van der Waals surface area (Å²) in [5, 5.41) is 3.60. The SMILES string of the molecule is CN=C(NCC1CCCOC1c1ccccc1)N1CCN(c2ccc(F)cc2)CC1. The van der Waals surface area contributed by atoms with Gasteiger partial charge in [0, 0.05) is 58.0 Å². The molecule has 0 saturated carbocycles. The summed E-state index contributed by atoms with van der Waals surface area (Å²) in [5.41, 5.74) is 2.33. The molecular formula is C24H31FN4O. The number of nitrogens with zero attached hydrogens (tertiary/aromatic N) is 3. The number of guanidine groups is 1. The molecule has 0 amide bonds. The van der Waals surface area contributed by atoms with E-state index in [0.717, 1.165) is 63.8 Å². The van der Waals surface area contributed by atoms with Crippen molar-refractivity contribution < 1.29 is 9.13 Å². The van der Waals surface area contributed by atoms with Crippen molar-refractivity contribution in [2.24, 2.45) is 10.9 Å². The van der Waals surface area contributed by atoms with Gasteiger partial charge in [0.1, 0.15) is 5.82 Å². The van der Waals surface area contributed by atoms with Crippen molar-refractivity contribution in [2.75, 3.05) is 51.3 Å². The molecule has 2 atom stereocenters. The molecule has 0 aliphatic carbocycles. The van der Waals surface area contributed by atoms with Crippen LogP contribution < -0.4 is 10.2 Å². The second kappa shape index (κ2) is 9.94. The Morgan fingerprint density at radius 3 is 2.50 bits per heavy atom. The quantitative estimate of drug-likeness (QED) is 0.617. The molecule has 2 unspecified atom stereocenters. The molecule has 30 heavy (non-hydrogen) atoms. The minimum absolute atomic E-state index is 0.140. The van der Waals surface area contributed by atoms with Crippen LogP contribution in [0, 0.1) is 11.7 Å². The van der Waals surface area contributed by atoms with Crippen molar-refractivity contribution in [2.45, 2.75) is 18.9 Å². The van der Waals surface area contributed by atoms with E-state index in [1.165, 1.54) is 17.7 Å². The summed E-state index contributed by atoms with van der Waals surface area (Å²) >= 11 is 0. The highest BCUT2D eigenvalue weighted by atomic mass is 19.1. The lowest BCUT2D eigenvalue weighted by Gasteiger charge is -2.38. The molecule has 4 rings (SSSR count). The maximum Gasteiger partial charge on any atom is 0.193 e. The first-order chi connectivity index (χ1) is 14.7. The fraction of sp³-hybridized carbons (Fsp3) is 0.458. The van der Waals surface area contributed by atoms with Gasteiger partial charge in [-0.3, -0.25) is 4.99 Å². The summed E-state index contributed by atoms with van der Waals surface area (Å²) < 4.78 is 19.3. The monoisotopic (exact) mass is 410 g/mol. The molecule has 2 aliphatic rings. The van der Waals surface area contributed by atoms with Crippen molar-refractivity contribution in [1.82, 2.24) is 10.2 Å². The molecule has 0 bridgehead atoms. The van der Waals surface area contributed by atoms with Gasteiger partial charge in [0.05, 0.1) is 6.10 Å². The highest BCUT2D eigenvalue weighted by Gasteiger charge is 2.28. The molecule has 2 aromatic rings. The Kier molecular flexibility index (Phi) is 6.84. The van der Waals surface area contributed by atoms with Crippen LogP contribution in [0.4, 0.5) is 10.1 Å². The lowest BCUT2D eigenvalue weighted by atomic mass is 9.89. The number of aliphatic imine (C=N–C) groups is 1. The molecule has 5 nitrogen and oxygen atoms in total. The lowest BCUT2D eigenvalue weighted by Crippen LogP contribution is -2.53. The standard InChI is InChI=1S/C24H31FN4O/c1-26-24(29-15-13-28(14-16-29)22-11-9-21(25)10-12-22)27-18-20-8-5-17-30-23(20)19-6-3-2-4-7-19/h2-4,6-7,9-12,20,23H,5,8,13-18H2,1H3,(H,26,27). The molecule has 2 saturated heterocycles. The average Bonchev–Trinajstić information content (AvgIpc) is 2.81. The Morgan fingerprint density at radius 2 is 1.80 bits per heavy atom. The van der Waals surface area contributed by atoms with Crippen LogP contribution in [-0.4, -0.2) is 57.2 Å². The zero-order valence-electron chi connectivity index (χ0n) is 17.6. The lowest BCUT2D eigenvalue weighted by molar-refractivity contribution is -0.0266. The predicted molar refractivity (Wildman–Crippen MR) is 119 cm³/mol. The summed E-state index contributed by atoms with van der Waals surface area (Å²) in [5.74, 6) is 1.19. The Morgan fingerprint density at radius 1 is 1.07 bits per heavy atom. The Hall–Kier alpha value is -2.60. The first-order valence-electron chi connectivity index (χ1n) is 10.9. The number of anilines is 1. The van der Waals surface area contributed by atoms with Crippen LogP contribution in [-0.2, 0) is 4.74 Å². The first kappa shape index (κ1) is 20.7. The third-order valence-electron chi connectivity index (χ3n) is 6.08. The number of rotatable bonds is 4. The third kappa shape index (κ3) is 4.93. The van der Waals surface area contributed by atoms with E-state index < -0.39 is 0 Å². The van der Waals surface area contributed by atoms with Gasteiger partial charge in [0.25, 0.3) is 0 Å². The van der Waals surface area contributed by atoms with Gasteiger partial charge in [0.15, 0.2) is 5.96 Å². The van der Waals surface area contributed by atoms with Crippen molar-refractivity contribution >= 4 is 11.6 Å². The van der Waals surface area contributed by atoms with E-state index in [0.29, 0.717) is 5.92 Å². The third-order valence-corrected chi connectivity index (χ3v) is 6.08. The summed E-state index contributed by atoms with van der Waals surface area (Å²) in [7, 11) is 1.85. The van der Waals surface area contributed by atoms with Gasteiger partial charge in [-0.25, -0.2) is 4.39 Å². The fourth-order valence-electron chi connectivity index (χ4n) is 4.45. The summed E-state index contributed by atoms with van der Waals surface area (Å²) in [6.45, 7) is 5.25. The van der Waals surface area contributed by atoms with Gasteiger partial charge in [-0.05, 0) is 42.7 Å². The van der Waals surface area contributed by atoms with Gasteiger partial charge < -0.3 is 19.9 Å². The number of hydrogen-bond donors (Lipinski definition) is 1. The molecule has 2 heterocycles. The molecule has 1 N–H and O–H groups in total. The number of piperazine rings is 1. The minimum atomic E-state index is -0.192. The molecule has 2 fully saturated rings. The van der Waals surface area contributed by atoms with E-state index in [1.807, 2.05) is 25.2 Å². The van der Waals surface area contributed by atoms with Crippen molar-refractivity contribution in [1.29, 1.82) is 0 Å². The zero-order chi connectivity index (χ0) is 20.8. The summed E-state index contributed by atoms with van der Waals surface area (Å²) in [6.07, 6.45) is 2.40. The van der Waals surface area contributed by atoms with Crippen molar-refractivity contribution in [3.8, 4) is 0 Å². The largest absolute Gasteiger partial charge is 0.373 e. The smallest absolute Gasteiger partial charge is 0.193 e. The van der Waals surface area contributed by atoms with Gasteiger partial charge >= 0.3 is 0 Å². The zero-order valence-corrected chi connectivity index (χ0v) is 17.6. The van der Waals surface area contributed by atoms with Gasteiger partial charge in [-0.2, -0.15) is 0 Å². The van der Waals surface area contributed by atoms with E-state index in [4.69, 9.17) is 4.74 Å². The molecule has 160 valence electrons. The maximum absolute atomic E-state index is 13.2. The van der Waals surface area contributed by atoms with E-state index in [2.05, 4.69) is 44.4 Å². The number of halogens is 1. The van der Waals surface area contributed by atoms with Crippen LogP contribution in [0.25, 0.3) is 0 Å². The Labute approximate surface area is 178 Å². The Bertz CT molecular complexity index is 819. The van der Waals surface area contributed by atoms with E-state index in [1.54, 1.807) is 0 Å². The Balaban J connectivity index is 1.32. The highest BCUT2D eigenvalue weighted by molar-refractivity contribution is 5.80. The molecule has 0 aromatic heterocycles. The average molecular weight is 411 g/mol. The molecular weight excluding hydrogens is 379 g/mol.